The maximum Gasteiger partial charge on any atom is 0.166 e. The van der Waals surface area contributed by atoms with Crippen LogP contribution in [-0.2, 0) is 0 Å². The average Bonchev–Trinajstić information content (AvgIpc) is 2.34. The molecule has 0 fully saturated rings. The molecule has 2 aromatic rings. The number of halogens is 3. The molecule has 0 saturated heterocycles. The van der Waals surface area contributed by atoms with E-state index in [2.05, 4.69) is 0 Å². The van der Waals surface area contributed by atoms with E-state index in [1.807, 2.05) is 0 Å². The zero-order valence-electron chi connectivity index (χ0n) is 9.49. The maximum absolute atomic E-state index is 13.7. The van der Waals surface area contributed by atoms with E-state index in [4.69, 9.17) is 34.3 Å². The van der Waals surface area contributed by atoms with Crippen LogP contribution < -0.4 is 10.5 Å². The second-order valence-electron chi connectivity index (χ2n) is 3.69. The molecule has 0 aliphatic carbocycles. The van der Waals surface area contributed by atoms with Crippen molar-refractivity contribution in [2.45, 2.75) is 0 Å². The van der Waals surface area contributed by atoms with Crippen LogP contribution in [0.15, 0.2) is 36.4 Å². The zero-order chi connectivity index (χ0) is 14.0. The standard InChI is InChI=1S/C13H8ClF2NOS/c14-9-6-8(15)2-4-11(9)18-12-3-1-7(13(17)19)5-10(12)16/h1-6H,(H2,17,19). The second-order valence-corrected chi connectivity index (χ2v) is 4.53. The molecular weight excluding hydrogens is 292 g/mol. The van der Waals surface area contributed by atoms with Crippen molar-refractivity contribution in [3.8, 4) is 11.5 Å². The van der Waals surface area contributed by atoms with Gasteiger partial charge >= 0.3 is 0 Å². The maximum atomic E-state index is 13.7. The molecule has 98 valence electrons. The Labute approximate surface area is 118 Å². The third-order valence-electron chi connectivity index (χ3n) is 2.33. The summed E-state index contributed by atoms with van der Waals surface area (Å²) in [5.41, 5.74) is 5.78. The number of ether oxygens (including phenoxy) is 1. The highest BCUT2D eigenvalue weighted by molar-refractivity contribution is 7.80. The SMILES string of the molecule is NC(=S)c1ccc(Oc2ccc(F)cc2Cl)c(F)c1. The van der Waals surface area contributed by atoms with E-state index in [1.165, 1.54) is 24.3 Å². The fraction of sp³-hybridized carbons (Fsp3) is 0. The Morgan fingerprint density at radius 3 is 2.37 bits per heavy atom. The molecule has 6 heteroatoms. The molecule has 0 bridgehead atoms. The van der Waals surface area contributed by atoms with Gasteiger partial charge in [0.2, 0.25) is 0 Å². The summed E-state index contributed by atoms with van der Waals surface area (Å²) in [6.07, 6.45) is 0. The van der Waals surface area contributed by atoms with Crippen LogP contribution in [0.1, 0.15) is 5.56 Å². The molecule has 0 aromatic heterocycles. The van der Waals surface area contributed by atoms with Gasteiger partial charge in [0.25, 0.3) is 0 Å². The first-order chi connectivity index (χ1) is 8.97. The molecule has 0 radical (unpaired) electrons. The average molecular weight is 300 g/mol. The van der Waals surface area contributed by atoms with E-state index in [1.54, 1.807) is 0 Å². The number of hydrogen-bond donors (Lipinski definition) is 1. The van der Waals surface area contributed by atoms with Gasteiger partial charge in [-0.2, -0.15) is 0 Å². The number of hydrogen-bond acceptors (Lipinski definition) is 2. The molecule has 0 aliphatic rings. The summed E-state index contributed by atoms with van der Waals surface area (Å²) in [6, 6.07) is 7.63. The first kappa shape index (κ1) is 13.7. The summed E-state index contributed by atoms with van der Waals surface area (Å²) in [7, 11) is 0. The Bertz CT molecular complexity index is 649. The lowest BCUT2D eigenvalue weighted by Gasteiger charge is -2.09. The van der Waals surface area contributed by atoms with Crippen LogP contribution in [-0.4, -0.2) is 4.99 Å². The quantitative estimate of drug-likeness (QED) is 0.869. The molecule has 2 nitrogen and oxygen atoms in total. The summed E-state index contributed by atoms with van der Waals surface area (Å²) in [6.45, 7) is 0. The van der Waals surface area contributed by atoms with Gasteiger partial charge in [-0.1, -0.05) is 23.8 Å². The van der Waals surface area contributed by atoms with Gasteiger partial charge in [0, 0.05) is 5.56 Å². The summed E-state index contributed by atoms with van der Waals surface area (Å²) in [4.78, 5) is 0.0882. The fourth-order valence-electron chi connectivity index (χ4n) is 1.41. The van der Waals surface area contributed by atoms with Crippen molar-refractivity contribution in [2.75, 3.05) is 0 Å². The Kier molecular flexibility index (Phi) is 3.97. The molecule has 2 aromatic carbocycles. The largest absolute Gasteiger partial charge is 0.453 e. The van der Waals surface area contributed by atoms with Gasteiger partial charge in [0.05, 0.1) is 5.02 Å². The fourth-order valence-corrected chi connectivity index (χ4v) is 1.75. The first-order valence-electron chi connectivity index (χ1n) is 5.19. The first-order valence-corrected chi connectivity index (χ1v) is 5.98. The number of thiocarbonyl (C=S) groups is 1. The van der Waals surface area contributed by atoms with Gasteiger partial charge in [0.15, 0.2) is 11.6 Å². The molecule has 0 saturated carbocycles. The summed E-state index contributed by atoms with van der Waals surface area (Å²) >= 11 is 10.5. The monoisotopic (exact) mass is 299 g/mol. The molecule has 0 unspecified atom stereocenters. The smallest absolute Gasteiger partial charge is 0.166 e. The third kappa shape index (κ3) is 3.19. The van der Waals surface area contributed by atoms with Crippen molar-refractivity contribution >= 4 is 28.8 Å². The molecule has 0 heterocycles. The topological polar surface area (TPSA) is 35.2 Å². The van der Waals surface area contributed by atoms with Crippen molar-refractivity contribution in [2.24, 2.45) is 5.73 Å². The van der Waals surface area contributed by atoms with Crippen LogP contribution in [0, 0.1) is 11.6 Å². The van der Waals surface area contributed by atoms with Crippen molar-refractivity contribution in [1.29, 1.82) is 0 Å². The molecule has 2 N–H and O–H groups in total. The van der Waals surface area contributed by atoms with E-state index in [0.717, 1.165) is 12.1 Å². The lowest BCUT2D eigenvalue weighted by atomic mass is 10.2. The van der Waals surface area contributed by atoms with Gasteiger partial charge in [-0.3, -0.25) is 0 Å². The normalized spacial score (nSPS) is 10.3. The van der Waals surface area contributed by atoms with Gasteiger partial charge in [0.1, 0.15) is 16.6 Å². The minimum atomic E-state index is -0.634. The van der Waals surface area contributed by atoms with Gasteiger partial charge in [-0.15, -0.1) is 0 Å². The van der Waals surface area contributed by atoms with Crippen molar-refractivity contribution in [3.05, 3.63) is 58.6 Å². The van der Waals surface area contributed by atoms with E-state index in [0.29, 0.717) is 5.56 Å². The minimum Gasteiger partial charge on any atom is -0.453 e. The van der Waals surface area contributed by atoms with Crippen LogP contribution in [0.5, 0.6) is 11.5 Å². The van der Waals surface area contributed by atoms with Gasteiger partial charge in [-0.25, -0.2) is 8.78 Å². The lowest BCUT2D eigenvalue weighted by molar-refractivity contribution is 0.441. The molecule has 19 heavy (non-hydrogen) atoms. The number of rotatable bonds is 3. The summed E-state index contributed by atoms with van der Waals surface area (Å²) < 4.78 is 31.9. The lowest BCUT2D eigenvalue weighted by Crippen LogP contribution is -2.09. The number of nitrogens with two attached hydrogens (primary N) is 1. The van der Waals surface area contributed by atoms with Crippen molar-refractivity contribution in [3.63, 3.8) is 0 Å². The van der Waals surface area contributed by atoms with E-state index in [-0.39, 0.29) is 21.5 Å². The molecule has 0 atom stereocenters. The van der Waals surface area contributed by atoms with Crippen LogP contribution in [0.25, 0.3) is 0 Å². The van der Waals surface area contributed by atoms with Crippen LogP contribution in [0.2, 0.25) is 5.02 Å². The molecule has 2 rings (SSSR count). The Morgan fingerprint density at radius 2 is 1.79 bits per heavy atom. The molecule has 0 aliphatic heterocycles. The Morgan fingerprint density at radius 1 is 1.11 bits per heavy atom. The summed E-state index contributed by atoms with van der Waals surface area (Å²) in [5, 5.41) is 0.0535. The third-order valence-corrected chi connectivity index (χ3v) is 2.86. The van der Waals surface area contributed by atoms with Crippen molar-refractivity contribution in [1.82, 2.24) is 0 Å². The van der Waals surface area contributed by atoms with Gasteiger partial charge < -0.3 is 10.5 Å². The van der Waals surface area contributed by atoms with Gasteiger partial charge in [-0.05, 0) is 36.4 Å². The predicted molar refractivity (Wildman–Crippen MR) is 73.8 cm³/mol. The highest BCUT2D eigenvalue weighted by atomic mass is 35.5. The minimum absolute atomic E-state index is 0.0477. The van der Waals surface area contributed by atoms with E-state index < -0.39 is 11.6 Å². The highest BCUT2D eigenvalue weighted by Gasteiger charge is 2.10. The highest BCUT2D eigenvalue weighted by Crippen LogP contribution is 2.31. The molecule has 0 spiro atoms. The van der Waals surface area contributed by atoms with E-state index >= 15 is 0 Å². The van der Waals surface area contributed by atoms with Crippen LogP contribution in [0.3, 0.4) is 0 Å². The Balaban J connectivity index is 2.31. The van der Waals surface area contributed by atoms with Crippen molar-refractivity contribution < 1.29 is 13.5 Å². The second kappa shape index (κ2) is 5.50. The molecular formula is C13H8ClF2NOS. The predicted octanol–water partition coefficient (Wildman–Crippen LogP) is 4.04. The Hall–Kier alpha value is -1.72. The van der Waals surface area contributed by atoms with E-state index in [9.17, 15) is 8.78 Å². The molecule has 0 amide bonds. The van der Waals surface area contributed by atoms with Crippen LogP contribution in [0.4, 0.5) is 8.78 Å². The summed E-state index contributed by atoms with van der Waals surface area (Å²) in [5.74, 6) is -1.02. The number of benzene rings is 2. The zero-order valence-corrected chi connectivity index (χ0v) is 11.1. The van der Waals surface area contributed by atoms with Crippen LogP contribution >= 0.6 is 23.8 Å².